The molecule has 4 atom stereocenters. The predicted octanol–water partition coefficient (Wildman–Crippen LogP) is 3.03. The second-order valence-corrected chi connectivity index (χ2v) is 10.4. The van der Waals surface area contributed by atoms with Crippen molar-refractivity contribution in [3.63, 3.8) is 0 Å². The first-order valence-corrected chi connectivity index (χ1v) is 14.9. The van der Waals surface area contributed by atoms with E-state index in [9.17, 15) is 29.1 Å². The summed E-state index contributed by atoms with van der Waals surface area (Å²) < 4.78 is 48.5. The van der Waals surface area contributed by atoms with Gasteiger partial charge in [0.05, 0.1) is 40.1 Å². The van der Waals surface area contributed by atoms with Crippen LogP contribution >= 0.6 is 0 Å². The molecule has 0 spiro atoms. The maximum Gasteiger partial charge on any atom is 0.347 e. The normalized spacial score (nSPS) is 17.3. The van der Waals surface area contributed by atoms with Gasteiger partial charge in [0.2, 0.25) is 12.5 Å². The molecule has 2 aliphatic rings. The summed E-state index contributed by atoms with van der Waals surface area (Å²) in [5, 5.41) is 10.6. The molecule has 15 nitrogen and oxygen atoms in total. The monoisotopic (exact) mass is 672 g/mol. The van der Waals surface area contributed by atoms with Crippen molar-refractivity contribution in [1.82, 2.24) is 0 Å². The van der Waals surface area contributed by atoms with Crippen molar-refractivity contribution in [3.8, 4) is 28.7 Å². The molecule has 0 amide bonds. The van der Waals surface area contributed by atoms with Gasteiger partial charge in [-0.15, -0.1) is 0 Å². The molecule has 0 saturated carbocycles. The second-order valence-electron chi connectivity index (χ2n) is 10.4. The molecule has 0 radical (unpaired) electrons. The van der Waals surface area contributed by atoms with Crippen LogP contribution in [-0.4, -0.2) is 88.5 Å². The zero-order valence-corrected chi connectivity index (χ0v) is 27.4. The molecule has 1 aliphatic carbocycles. The molecule has 0 unspecified atom stereocenters. The van der Waals surface area contributed by atoms with Crippen LogP contribution in [0, 0.1) is 5.92 Å². The molecule has 2 aromatic rings. The molecule has 15 heteroatoms. The number of carbonyl (C=O) groups excluding carboxylic acids is 4. The highest BCUT2D eigenvalue weighted by Crippen LogP contribution is 2.52. The largest absolute Gasteiger partial charge is 0.493 e. The number of ether oxygens (including phenoxy) is 9. The van der Waals surface area contributed by atoms with Crippen molar-refractivity contribution in [2.24, 2.45) is 5.92 Å². The molecule has 0 bridgehead atoms. The summed E-state index contributed by atoms with van der Waals surface area (Å²) in [7, 11) is 4.13. The third-order valence-corrected chi connectivity index (χ3v) is 7.57. The second kappa shape index (κ2) is 15.0. The van der Waals surface area contributed by atoms with Crippen LogP contribution in [0.4, 0.5) is 0 Å². The van der Waals surface area contributed by atoms with Gasteiger partial charge < -0.3 is 47.7 Å². The van der Waals surface area contributed by atoms with Crippen LogP contribution in [0.2, 0.25) is 0 Å². The van der Waals surface area contributed by atoms with E-state index < -0.39 is 59.5 Å². The molecule has 4 rings (SSSR count). The number of hydrogen-bond donors (Lipinski definition) is 1. The maximum absolute atomic E-state index is 14.3. The lowest BCUT2D eigenvalue weighted by molar-refractivity contribution is -0.171. The number of methoxy groups -OCH3 is 3. The fraction of sp³-hybridized carbons (Fsp3) is 0.424. The van der Waals surface area contributed by atoms with Gasteiger partial charge in [0, 0.05) is 5.57 Å². The zero-order chi connectivity index (χ0) is 35.3. The van der Waals surface area contributed by atoms with Crippen LogP contribution in [0.25, 0.3) is 5.57 Å². The molecular formula is C33H36O15. The van der Waals surface area contributed by atoms with Crippen LogP contribution in [0.15, 0.2) is 29.8 Å². The molecular weight excluding hydrogens is 636 g/mol. The number of hydrogen-bond acceptors (Lipinski definition) is 14. The minimum atomic E-state index is -1.93. The van der Waals surface area contributed by atoms with Crippen LogP contribution in [-0.2, 0) is 42.9 Å². The molecule has 2 aromatic carbocycles. The number of rotatable bonds is 13. The predicted molar refractivity (Wildman–Crippen MR) is 163 cm³/mol. The summed E-state index contributed by atoms with van der Waals surface area (Å²) in [5.74, 6) is -8.56. The number of esters is 4. The van der Waals surface area contributed by atoms with Gasteiger partial charge in [-0.2, -0.15) is 0 Å². The van der Waals surface area contributed by atoms with Gasteiger partial charge >= 0.3 is 29.8 Å². The Labute approximate surface area is 275 Å². The van der Waals surface area contributed by atoms with Crippen LogP contribution in [0.3, 0.4) is 0 Å². The van der Waals surface area contributed by atoms with E-state index in [2.05, 4.69) is 0 Å². The van der Waals surface area contributed by atoms with Crippen molar-refractivity contribution < 1.29 is 71.7 Å². The number of carboxylic acids is 1. The summed E-state index contributed by atoms with van der Waals surface area (Å²) in [4.78, 5) is 66.4. The first-order chi connectivity index (χ1) is 22.9. The first-order valence-electron chi connectivity index (χ1n) is 14.9. The van der Waals surface area contributed by atoms with Gasteiger partial charge in [-0.05, 0) is 68.7 Å². The Morgan fingerprint density at radius 3 is 1.83 bits per heavy atom. The topological polar surface area (TPSA) is 189 Å². The lowest BCUT2D eigenvalue weighted by Crippen LogP contribution is -2.41. The number of carboxylic acid groups (broad SMARTS) is 1. The van der Waals surface area contributed by atoms with E-state index in [-0.39, 0.29) is 71.0 Å². The highest BCUT2D eigenvalue weighted by Gasteiger charge is 2.50. The molecule has 258 valence electrons. The average molecular weight is 673 g/mol. The fourth-order valence-corrected chi connectivity index (χ4v) is 5.46. The van der Waals surface area contributed by atoms with E-state index in [4.69, 9.17) is 42.6 Å². The Balaban J connectivity index is 2.10. The van der Waals surface area contributed by atoms with E-state index in [1.165, 1.54) is 59.4 Å². The summed E-state index contributed by atoms with van der Waals surface area (Å²) >= 11 is 0. The molecule has 1 heterocycles. The maximum atomic E-state index is 14.3. The zero-order valence-electron chi connectivity index (χ0n) is 27.4. The molecule has 1 aliphatic heterocycles. The van der Waals surface area contributed by atoms with E-state index in [0.717, 1.165) is 0 Å². The standard InChI is InChI=1S/C33H36O15/c1-8-43-30(36)15(3)47-32(38)26-24(17-10-22(40-5)28(42-7)23(11-17)41-6)18-12-20-21(46-14-45-20)13-19(18)25(29(34)35)27(26)33(39)48-16(4)31(37)44-9-2/h10-13,15-16,25,27H,8-9,14H2,1-7H3,(H,34,35)/t15-,16-,25-,27-/m0/s1. The Morgan fingerprint density at radius 2 is 1.33 bits per heavy atom. The number of fused-ring (bicyclic) bond motifs is 2. The van der Waals surface area contributed by atoms with Gasteiger partial charge in [-0.1, -0.05) is 0 Å². The molecule has 1 N–H and O–H groups in total. The molecule has 0 aromatic heterocycles. The minimum Gasteiger partial charge on any atom is -0.493 e. The van der Waals surface area contributed by atoms with E-state index in [0.29, 0.717) is 0 Å². The van der Waals surface area contributed by atoms with Crippen LogP contribution in [0.5, 0.6) is 28.7 Å². The van der Waals surface area contributed by atoms with Gasteiger partial charge in [0.15, 0.2) is 35.2 Å². The average Bonchev–Trinajstić information content (AvgIpc) is 3.52. The van der Waals surface area contributed by atoms with Crippen molar-refractivity contribution in [3.05, 3.63) is 46.5 Å². The molecule has 0 saturated heterocycles. The van der Waals surface area contributed by atoms with Gasteiger partial charge in [0.25, 0.3) is 0 Å². The third-order valence-electron chi connectivity index (χ3n) is 7.57. The highest BCUT2D eigenvalue weighted by atomic mass is 16.7. The highest BCUT2D eigenvalue weighted by molar-refractivity contribution is 6.11. The Morgan fingerprint density at radius 1 is 0.792 bits per heavy atom. The van der Waals surface area contributed by atoms with Crippen molar-refractivity contribution in [2.45, 2.75) is 45.8 Å². The van der Waals surface area contributed by atoms with Crippen LogP contribution < -0.4 is 23.7 Å². The first kappa shape index (κ1) is 35.4. The van der Waals surface area contributed by atoms with Crippen LogP contribution in [0.1, 0.15) is 50.3 Å². The Kier molecular flexibility index (Phi) is 11.0. The van der Waals surface area contributed by atoms with Crippen molar-refractivity contribution in [1.29, 1.82) is 0 Å². The molecule has 0 fully saturated rings. The number of benzene rings is 2. The van der Waals surface area contributed by atoms with Crippen molar-refractivity contribution in [2.75, 3.05) is 41.3 Å². The van der Waals surface area contributed by atoms with E-state index >= 15 is 0 Å². The van der Waals surface area contributed by atoms with Gasteiger partial charge in [0.1, 0.15) is 11.8 Å². The summed E-state index contributed by atoms with van der Waals surface area (Å²) in [6.07, 6.45) is -2.95. The van der Waals surface area contributed by atoms with Gasteiger partial charge in [-0.25, -0.2) is 14.4 Å². The molecule has 48 heavy (non-hydrogen) atoms. The van der Waals surface area contributed by atoms with Crippen molar-refractivity contribution >= 4 is 35.4 Å². The fourth-order valence-electron chi connectivity index (χ4n) is 5.46. The van der Waals surface area contributed by atoms with Gasteiger partial charge in [-0.3, -0.25) is 9.59 Å². The number of carbonyl (C=O) groups is 5. The lowest BCUT2D eigenvalue weighted by atomic mass is 9.69. The van der Waals surface area contributed by atoms with E-state index in [1.54, 1.807) is 13.8 Å². The lowest BCUT2D eigenvalue weighted by Gasteiger charge is -2.34. The third kappa shape index (κ3) is 6.80. The quantitative estimate of drug-likeness (QED) is 0.241. The summed E-state index contributed by atoms with van der Waals surface area (Å²) in [6.45, 7) is 5.42. The Bertz CT molecular complexity index is 1620. The van der Waals surface area contributed by atoms with E-state index in [1.807, 2.05) is 0 Å². The Hall–Kier alpha value is -5.47. The number of aliphatic carboxylic acids is 1. The summed E-state index contributed by atoms with van der Waals surface area (Å²) in [6, 6.07) is 5.83. The minimum absolute atomic E-state index is 0.00755. The SMILES string of the molecule is CCOC(=O)[C@H](C)OC(=O)C1=C(c2cc(OC)c(OC)c(OC)c2)c2cc3c(cc2[C@H](C(=O)O)[C@@H]1C(=O)O[C@@H](C)C(=O)OCC)OCO3. The smallest absolute Gasteiger partial charge is 0.347 e. The summed E-state index contributed by atoms with van der Waals surface area (Å²) in [5.41, 5.74) is -0.108.